The van der Waals surface area contributed by atoms with E-state index in [2.05, 4.69) is 17.1 Å². The molecule has 0 aliphatic heterocycles. The Balaban J connectivity index is 1.80. The summed E-state index contributed by atoms with van der Waals surface area (Å²) < 4.78 is 5.25. The van der Waals surface area contributed by atoms with E-state index in [1.807, 2.05) is 0 Å². The summed E-state index contributed by atoms with van der Waals surface area (Å²) in [5.74, 6) is 2.31. The summed E-state index contributed by atoms with van der Waals surface area (Å²) in [5, 5.41) is 3.97. The normalized spacial score (nSPS) is 18.7. The van der Waals surface area contributed by atoms with E-state index < -0.39 is 0 Å². The van der Waals surface area contributed by atoms with Crippen LogP contribution in [0.15, 0.2) is 4.52 Å². The van der Waals surface area contributed by atoms with Gasteiger partial charge in [-0.25, -0.2) is 0 Å². The molecule has 17 heavy (non-hydrogen) atoms. The molecule has 1 aromatic heterocycles. The van der Waals surface area contributed by atoms with Crippen LogP contribution in [0.1, 0.15) is 69.6 Å². The lowest BCUT2D eigenvalue weighted by atomic mass is 10.0. The van der Waals surface area contributed by atoms with Crippen molar-refractivity contribution < 1.29 is 4.52 Å². The summed E-state index contributed by atoms with van der Waals surface area (Å²) in [4.78, 5) is 4.39. The minimum atomic E-state index is -0.0658. The molecular weight excluding hydrogens is 214 g/mol. The minimum Gasteiger partial charge on any atom is -0.339 e. The Morgan fingerprint density at radius 3 is 2.88 bits per heavy atom. The second-order valence-electron chi connectivity index (χ2n) is 5.13. The average Bonchev–Trinajstić information content (AvgIpc) is 2.98. The third kappa shape index (κ3) is 3.53. The number of aromatic nitrogens is 2. The molecule has 0 saturated heterocycles. The van der Waals surface area contributed by atoms with Crippen LogP contribution in [0.2, 0.25) is 0 Å². The highest BCUT2D eigenvalue weighted by atomic mass is 16.5. The van der Waals surface area contributed by atoms with Crippen molar-refractivity contribution in [2.24, 2.45) is 11.7 Å². The Kier molecular flexibility index (Phi) is 4.54. The van der Waals surface area contributed by atoms with Crippen LogP contribution in [-0.2, 0) is 6.42 Å². The maximum absolute atomic E-state index is 5.95. The lowest BCUT2D eigenvalue weighted by Crippen LogP contribution is -2.11. The molecule has 0 spiro atoms. The van der Waals surface area contributed by atoms with Gasteiger partial charge in [0.25, 0.3) is 0 Å². The summed E-state index contributed by atoms with van der Waals surface area (Å²) >= 11 is 0. The molecule has 1 atom stereocenters. The van der Waals surface area contributed by atoms with Crippen molar-refractivity contribution in [2.45, 2.75) is 64.3 Å². The van der Waals surface area contributed by atoms with Gasteiger partial charge in [0.05, 0.1) is 6.04 Å². The van der Waals surface area contributed by atoms with Gasteiger partial charge in [-0.15, -0.1) is 0 Å². The summed E-state index contributed by atoms with van der Waals surface area (Å²) in [5.41, 5.74) is 5.95. The highest BCUT2D eigenvalue weighted by Gasteiger charge is 2.17. The second-order valence-corrected chi connectivity index (χ2v) is 5.13. The van der Waals surface area contributed by atoms with Gasteiger partial charge in [0.2, 0.25) is 5.89 Å². The fraction of sp³-hybridized carbons (Fsp3) is 0.846. The summed E-state index contributed by atoms with van der Waals surface area (Å²) in [6, 6.07) is -0.0658. The van der Waals surface area contributed by atoms with Crippen LogP contribution >= 0.6 is 0 Å². The van der Waals surface area contributed by atoms with Crippen molar-refractivity contribution in [3.63, 3.8) is 0 Å². The van der Waals surface area contributed by atoms with E-state index in [-0.39, 0.29) is 6.04 Å². The summed E-state index contributed by atoms with van der Waals surface area (Å²) in [6.07, 6.45) is 9.59. The largest absolute Gasteiger partial charge is 0.339 e. The van der Waals surface area contributed by atoms with Gasteiger partial charge < -0.3 is 10.3 Å². The smallest absolute Gasteiger partial charge is 0.226 e. The SMILES string of the molecule is CCCC(N)c1noc(CCC2CCCC2)n1. The van der Waals surface area contributed by atoms with Gasteiger partial charge in [-0.1, -0.05) is 44.2 Å². The first kappa shape index (κ1) is 12.6. The summed E-state index contributed by atoms with van der Waals surface area (Å²) in [6.45, 7) is 2.11. The molecule has 0 aromatic carbocycles. The molecule has 1 heterocycles. The van der Waals surface area contributed by atoms with Gasteiger partial charge in [-0.2, -0.15) is 4.98 Å². The standard InChI is InChI=1S/C13H23N3O/c1-2-5-11(14)13-15-12(17-16-13)9-8-10-6-3-4-7-10/h10-11H,2-9,14H2,1H3. The van der Waals surface area contributed by atoms with Crippen LogP contribution in [0.3, 0.4) is 0 Å². The fourth-order valence-electron chi connectivity index (χ4n) is 2.59. The molecule has 1 aliphatic carbocycles. The Morgan fingerprint density at radius 1 is 1.41 bits per heavy atom. The van der Waals surface area contributed by atoms with Crippen LogP contribution in [0.5, 0.6) is 0 Å². The first-order valence-electron chi connectivity index (χ1n) is 6.87. The first-order chi connectivity index (χ1) is 8.29. The molecule has 1 aliphatic rings. The topological polar surface area (TPSA) is 64.9 Å². The summed E-state index contributed by atoms with van der Waals surface area (Å²) in [7, 11) is 0. The number of nitrogens with two attached hydrogens (primary N) is 1. The van der Waals surface area contributed by atoms with Crippen molar-refractivity contribution in [1.82, 2.24) is 10.1 Å². The van der Waals surface area contributed by atoms with E-state index in [0.29, 0.717) is 5.82 Å². The number of hydrogen-bond acceptors (Lipinski definition) is 4. The Bertz CT molecular complexity index is 331. The monoisotopic (exact) mass is 237 g/mol. The first-order valence-corrected chi connectivity index (χ1v) is 6.87. The number of aryl methyl sites for hydroxylation is 1. The Morgan fingerprint density at radius 2 is 2.18 bits per heavy atom. The third-order valence-electron chi connectivity index (χ3n) is 3.66. The number of nitrogens with zero attached hydrogens (tertiary/aromatic N) is 2. The maximum atomic E-state index is 5.95. The van der Waals surface area contributed by atoms with Crippen molar-refractivity contribution in [3.05, 3.63) is 11.7 Å². The Labute approximate surface area is 103 Å². The van der Waals surface area contributed by atoms with Crippen LogP contribution in [0, 0.1) is 5.92 Å². The maximum Gasteiger partial charge on any atom is 0.226 e. The fourth-order valence-corrected chi connectivity index (χ4v) is 2.59. The molecule has 1 saturated carbocycles. The van der Waals surface area contributed by atoms with E-state index >= 15 is 0 Å². The molecule has 1 fully saturated rings. The molecule has 2 rings (SSSR count). The van der Waals surface area contributed by atoms with E-state index in [1.165, 1.54) is 32.1 Å². The average molecular weight is 237 g/mol. The molecule has 4 nitrogen and oxygen atoms in total. The predicted octanol–water partition coefficient (Wildman–Crippen LogP) is 2.99. The van der Waals surface area contributed by atoms with Crippen molar-refractivity contribution >= 4 is 0 Å². The van der Waals surface area contributed by atoms with Crippen molar-refractivity contribution in [3.8, 4) is 0 Å². The van der Waals surface area contributed by atoms with Gasteiger partial charge in [0.15, 0.2) is 5.82 Å². The van der Waals surface area contributed by atoms with E-state index in [0.717, 1.165) is 31.1 Å². The molecule has 2 N–H and O–H groups in total. The zero-order valence-corrected chi connectivity index (χ0v) is 10.7. The van der Waals surface area contributed by atoms with Gasteiger partial charge in [0.1, 0.15) is 0 Å². The number of rotatable bonds is 6. The highest BCUT2D eigenvalue weighted by Crippen LogP contribution is 2.28. The van der Waals surface area contributed by atoms with Crippen LogP contribution in [-0.4, -0.2) is 10.1 Å². The zero-order valence-electron chi connectivity index (χ0n) is 10.7. The Hall–Kier alpha value is -0.900. The lowest BCUT2D eigenvalue weighted by molar-refractivity contribution is 0.354. The van der Waals surface area contributed by atoms with E-state index in [9.17, 15) is 0 Å². The van der Waals surface area contributed by atoms with E-state index in [4.69, 9.17) is 10.3 Å². The van der Waals surface area contributed by atoms with E-state index in [1.54, 1.807) is 0 Å². The molecule has 0 amide bonds. The van der Waals surface area contributed by atoms with Crippen LogP contribution in [0.4, 0.5) is 0 Å². The van der Waals surface area contributed by atoms with Crippen molar-refractivity contribution in [1.29, 1.82) is 0 Å². The molecule has 96 valence electrons. The molecule has 4 heteroatoms. The molecule has 1 aromatic rings. The molecule has 0 bridgehead atoms. The predicted molar refractivity (Wildman–Crippen MR) is 66.4 cm³/mol. The minimum absolute atomic E-state index is 0.0658. The lowest BCUT2D eigenvalue weighted by Gasteiger charge is -2.05. The van der Waals surface area contributed by atoms with Crippen LogP contribution < -0.4 is 5.73 Å². The van der Waals surface area contributed by atoms with Gasteiger partial charge >= 0.3 is 0 Å². The highest BCUT2D eigenvalue weighted by molar-refractivity contribution is 4.93. The molecular formula is C13H23N3O. The van der Waals surface area contributed by atoms with Crippen molar-refractivity contribution in [2.75, 3.05) is 0 Å². The van der Waals surface area contributed by atoms with Gasteiger partial charge in [0, 0.05) is 6.42 Å². The zero-order chi connectivity index (χ0) is 12.1. The molecule has 0 radical (unpaired) electrons. The third-order valence-corrected chi connectivity index (χ3v) is 3.66. The molecule has 1 unspecified atom stereocenters. The van der Waals surface area contributed by atoms with Crippen LogP contribution in [0.25, 0.3) is 0 Å². The quantitative estimate of drug-likeness (QED) is 0.826. The second kappa shape index (κ2) is 6.15. The van der Waals surface area contributed by atoms with Gasteiger partial charge in [-0.3, -0.25) is 0 Å². The number of hydrogen-bond donors (Lipinski definition) is 1. The van der Waals surface area contributed by atoms with Gasteiger partial charge in [-0.05, 0) is 18.8 Å².